The molecule has 0 N–H and O–H groups in total. The van der Waals surface area contributed by atoms with Gasteiger partial charge in [0, 0.05) is 12.4 Å². The molecular weight excluding hydrogens is 250 g/mol. The molecule has 0 aromatic carbocycles. The number of esters is 1. The molecule has 6 heteroatoms. The van der Waals surface area contributed by atoms with Gasteiger partial charge in [-0.05, 0) is 13.0 Å². The fourth-order valence-corrected chi connectivity index (χ4v) is 1.88. The van der Waals surface area contributed by atoms with Crippen LogP contribution in [-0.4, -0.2) is 27.0 Å². The van der Waals surface area contributed by atoms with Gasteiger partial charge in [-0.25, -0.2) is 19.7 Å². The molecule has 0 aliphatic carbocycles. The largest absolute Gasteiger partial charge is 0.445 e. The quantitative estimate of drug-likeness (QED) is 0.621. The molecule has 90 valence electrons. The molecule has 0 radical (unpaired) electrons. The van der Waals surface area contributed by atoms with E-state index in [0.29, 0.717) is 15.7 Å². The van der Waals surface area contributed by atoms with Gasteiger partial charge in [-0.3, -0.25) is 0 Å². The van der Waals surface area contributed by atoms with Crippen molar-refractivity contribution in [1.29, 1.82) is 0 Å². The van der Waals surface area contributed by atoms with Crippen molar-refractivity contribution in [1.82, 2.24) is 15.0 Å². The van der Waals surface area contributed by atoms with Crippen molar-refractivity contribution in [2.24, 2.45) is 0 Å². The highest BCUT2D eigenvalue weighted by Gasteiger charge is 2.15. The number of rotatable bonds is 3. The minimum atomic E-state index is -0.559. The van der Waals surface area contributed by atoms with Crippen LogP contribution >= 0.6 is 11.3 Å². The molecule has 1 atom stereocenters. The maximum atomic E-state index is 11.7. The van der Waals surface area contributed by atoms with Gasteiger partial charge < -0.3 is 4.74 Å². The van der Waals surface area contributed by atoms with Crippen LogP contribution < -0.4 is 0 Å². The lowest BCUT2D eigenvalue weighted by Gasteiger charge is -2.04. The third kappa shape index (κ3) is 2.70. The Hall–Kier alpha value is -2.26. The summed E-state index contributed by atoms with van der Waals surface area (Å²) in [4.78, 5) is 24.2. The van der Waals surface area contributed by atoms with Gasteiger partial charge in [0.25, 0.3) is 0 Å². The van der Waals surface area contributed by atoms with Gasteiger partial charge in [-0.2, -0.15) is 0 Å². The molecule has 0 aliphatic heterocycles. The van der Waals surface area contributed by atoms with Crippen LogP contribution in [0, 0.1) is 12.3 Å². The second-order valence-electron chi connectivity index (χ2n) is 3.32. The second kappa shape index (κ2) is 5.38. The average Bonchev–Trinajstić information content (AvgIpc) is 2.89. The molecular formula is C12H9N3O2S. The maximum absolute atomic E-state index is 11.7. The monoisotopic (exact) mass is 259 g/mol. The van der Waals surface area contributed by atoms with Crippen molar-refractivity contribution in [3.63, 3.8) is 0 Å². The number of thiazole rings is 1. The van der Waals surface area contributed by atoms with E-state index < -0.39 is 12.1 Å². The van der Waals surface area contributed by atoms with E-state index in [1.54, 1.807) is 25.4 Å². The van der Waals surface area contributed by atoms with Crippen LogP contribution in [0.15, 0.2) is 24.7 Å². The topological polar surface area (TPSA) is 65.0 Å². The molecule has 0 saturated carbocycles. The second-order valence-corrected chi connectivity index (χ2v) is 4.35. The Kier molecular flexibility index (Phi) is 3.65. The van der Waals surface area contributed by atoms with Crippen molar-refractivity contribution in [3.8, 4) is 23.2 Å². The van der Waals surface area contributed by atoms with E-state index in [0.717, 1.165) is 0 Å². The summed E-state index contributed by atoms with van der Waals surface area (Å²) in [5.74, 6) is 2.31. The van der Waals surface area contributed by atoms with Gasteiger partial charge in [0.1, 0.15) is 4.88 Å². The standard InChI is InChI=1S/C12H9N3O2S/c1-3-8(2)17-12(16)9-7-15-11(18-9)10-13-5-4-6-14-10/h1,4-8H,2H3/t8-/m1/s1. The van der Waals surface area contributed by atoms with Gasteiger partial charge in [0.05, 0.1) is 6.20 Å². The lowest BCUT2D eigenvalue weighted by atomic mass is 10.4. The Balaban J connectivity index is 2.17. The Labute approximate surface area is 108 Å². The summed E-state index contributed by atoms with van der Waals surface area (Å²) in [7, 11) is 0. The van der Waals surface area contributed by atoms with Gasteiger partial charge in [0.15, 0.2) is 16.9 Å². The molecule has 2 aromatic heterocycles. The third-order valence-corrected chi connectivity index (χ3v) is 2.96. The van der Waals surface area contributed by atoms with Crippen molar-refractivity contribution < 1.29 is 9.53 Å². The van der Waals surface area contributed by atoms with Crippen LogP contribution in [0.4, 0.5) is 0 Å². The molecule has 2 heterocycles. The molecule has 0 bridgehead atoms. The highest BCUT2D eigenvalue weighted by atomic mass is 32.1. The zero-order chi connectivity index (χ0) is 13.0. The highest BCUT2D eigenvalue weighted by molar-refractivity contribution is 7.16. The number of nitrogens with zero attached hydrogens (tertiary/aromatic N) is 3. The number of hydrogen-bond acceptors (Lipinski definition) is 6. The summed E-state index contributed by atoms with van der Waals surface area (Å²) < 4.78 is 4.99. The summed E-state index contributed by atoms with van der Waals surface area (Å²) in [6.45, 7) is 1.63. The average molecular weight is 259 g/mol. The number of terminal acetylenes is 1. The third-order valence-electron chi connectivity index (χ3n) is 1.98. The number of hydrogen-bond donors (Lipinski definition) is 0. The van der Waals surface area contributed by atoms with E-state index in [-0.39, 0.29) is 0 Å². The zero-order valence-corrected chi connectivity index (χ0v) is 10.3. The van der Waals surface area contributed by atoms with E-state index in [9.17, 15) is 4.79 Å². The molecule has 0 saturated heterocycles. The zero-order valence-electron chi connectivity index (χ0n) is 9.53. The predicted octanol–water partition coefficient (Wildman–Crippen LogP) is 1.78. The molecule has 5 nitrogen and oxygen atoms in total. The molecule has 2 rings (SSSR count). The van der Waals surface area contributed by atoms with Crippen molar-refractivity contribution >= 4 is 17.3 Å². The molecule has 18 heavy (non-hydrogen) atoms. The Morgan fingerprint density at radius 1 is 1.44 bits per heavy atom. The van der Waals surface area contributed by atoms with Crippen LogP contribution in [0.1, 0.15) is 16.6 Å². The van der Waals surface area contributed by atoms with Crippen LogP contribution in [0.2, 0.25) is 0 Å². The number of carbonyl (C=O) groups excluding carboxylic acids is 1. The molecule has 0 fully saturated rings. The fourth-order valence-electron chi connectivity index (χ4n) is 1.13. The lowest BCUT2D eigenvalue weighted by Crippen LogP contribution is -2.11. The number of ether oxygens (including phenoxy) is 1. The molecule has 0 unspecified atom stereocenters. The Morgan fingerprint density at radius 2 is 2.17 bits per heavy atom. The van der Waals surface area contributed by atoms with E-state index >= 15 is 0 Å². The van der Waals surface area contributed by atoms with Crippen LogP contribution in [-0.2, 0) is 4.74 Å². The molecule has 0 spiro atoms. The van der Waals surface area contributed by atoms with Gasteiger partial charge in [-0.1, -0.05) is 5.92 Å². The van der Waals surface area contributed by atoms with Gasteiger partial charge in [0.2, 0.25) is 0 Å². The van der Waals surface area contributed by atoms with Crippen molar-refractivity contribution in [2.45, 2.75) is 13.0 Å². The van der Waals surface area contributed by atoms with Crippen LogP contribution in [0.25, 0.3) is 10.8 Å². The van der Waals surface area contributed by atoms with Gasteiger partial charge in [-0.15, -0.1) is 17.8 Å². The van der Waals surface area contributed by atoms with E-state index in [1.165, 1.54) is 17.5 Å². The highest BCUT2D eigenvalue weighted by Crippen LogP contribution is 2.22. The lowest BCUT2D eigenvalue weighted by molar-refractivity contribution is 0.0444. The fraction of sp³-hybridized carbons (Fsp3) is 0.167. The molecule has 0 amide bonds. The van der Waals surface area contributed by atoms with Crippen LogP contribution in [0.5, 0.6) is 0 Å². The van der Waals surface area contributed by atoms with Crippen LogP contribution in [0.3, 0.4) is 0 Å². The minimum Gasteiger partial charge on any atom is -0.445 e. The normalized spacial score (nSPS) is 11.6. The maximum Gasteiger partial charge on any atom is 0.351 e. The smallest absolute Gasteiger partial charge is 0.351 e. The van der Waals surface area contributed by atoms with Crippen molar-refractivity contribution in [2.75, 3.05) is 0 Å². The first-order valence-corrected chi connectivity index (χ1v) is 5.92. The first-order valence-electron chi connectivity index (χ1n) is 5.11. The van der Waals surface area contributed by atoms with Crippen molar-refractivity contribution in [3.05, 3.63) is 29.5 Å². The SMILES string of the molecule is C#C[C@@H](C)OC(=O)c1cnc(-c2ncccn2)s1. The summed E-state index contributed by atoms with van der Waals surface area (Å²) in [6, 6.07) is 1.71. The first-order chi connectivity index (χ1) is 8.70. The van der Waals surface area contributed by atoms with Gasteiger partial charge >= 0.3 is 5.97 Å². The predicted molar refractivity (Wildman–Crippen MR) is 66.9 cm³/mol. The minimum absolute atomic E-state index is 0.375. The number of aromatic nitrogens is 3. The first kappa shape index (κ1) is 12.2. The van der Waals surface area contributed by atoms with E-state index in [4.69, 9.17) is 11.2 Å². The Bertz CT molecular complexity index is 589. The Morgan fingerprint density at radius 3 is 2.83 bits per heavy atom. The van der Waals surface area contributed by atoms with E-state index in [1.807, 2.05) is 0 Å². The molecule has 0 aliphatic rings. The van der Waals surface area contributed by atoms with E-state index in [2.05, 4.69) is 20.9 Å². The number of carbonyl (C=O) groups is 1. The summed E-state index contributed by atoms with van der Waals surface area (Å²) in [5, 5.41) is 0.566. The summed E-state index contributed by atoms with van der Waals surface area (Å²) >= 11 is 1.17. The summed E-state index contributed by atoms with van der Waals surface area (Å²) in [5.41, 5.74) is 0. The summed E-state index contributed by atoms with van der Waals surface area (Å²) in [6.07, 6.45) is 9.23. The molecule has 2 aromatic rings.